The zero-order valence-corrected chi connectivity index (χ0v) is 19.6. The van der Waals surface area contributed by atoms with E-state index >= 15 is 0 Å². The number of aliphatic carboxylic acids is 1. The van der Waals surface area contributed by atoms with Crippen LogP contribution in [0.4, 0.5) is 13.2 Å². The average molecular weight is 527 g/mol. The summed E-state index contributed by atoms with van der Waals surface area (Å²) in [6, 6.07) is 15.6. The van der Waals surface area contributed by atoms with E-state index in [9.17, 15) is 22.8 Å². The molecule has 3 heterocycles. The highest BCUT2D eigenvalue weighted by atomic mass is 19.4. The van der Waals surface area contributed by atoms with Gasteiger partial charge in [0.05, 0.1) is 5.92 Å². The maximum atomic E-state index is 12.8. The van der Waals surface area contributed by atoms with Crippen LogP contribution in [0.1, 0.15) is 15.9 Å². The second-order valence-electron chi connectivity index (χ2n) is 8.75. The molecule has 5 rings (SSSR count). The van der Waals surface area contributed by atoms with Gasteiger partial charge >= 0.3 is 12.1 Å². The monoisotopic (exact) mass is 527 g/mol. The molecule has 0 saturated carbocycles. The van der Waals surface area contributed by atoms with Crippen LogP contribution < -0.4 is 5.32 Å². The topological polar surface area (TPSA) is 135 Å². The molecule has 2 aromatic heterocycles. The molecule has 0 radical (unpaired) electrons. The number of carbonyl (C=O) groups is 2. The Labute approximate surface area is 213 Å². The number of aromatic nitrogens is 3. The molecule has 0 unspecified atom stereocenters. The summed E-state index contributed by atoms with van der Waals surface area (Å²) in [4.78, 5) is 30.0. The van der Waals surface area contributed by atoms with Crippen LogP contribution in [0.5, 0.6) is 0 Å². The Kier molecular flexibility index (Phi) is 6.68. The van der Waals surface area contributed by atoms with Crippen LogP contribution in [0.25, 0.3) is 34.3 Å². The van der Waals surface area contributed by atoms with Gasteiger partial charge in [-0.05, 0) is 5.56 Å². The molecule has 1 aliphatic heterocycles. The number of hydrogen-bond acceptors (Lipinski definition) is 8. The van der Waals surface area contributed by atoms with Crippen molar-refractivity contribution in [1.29, 1.82) is 0 Å². The molecule has 38 heavy (non-hydrogen) atoms. The van der Waals surface area contributed by atoms with Gasteiger partial charge < -0.3 is 19.5 Å². The largest absolute Gasteiger partial charge is 0.481 e. The SMILES string of the molecule is O=C(NCC(F)(F)F)c1c(-c2ccccc2)noc1-c1nc(-c2ccc(CN3CC(C(=O)O)C3)cc2)no1. The molecule has 0 atom stereocenters. The summed E-state index contributed by atoms with van der Waals surface area (Å²) in [6.07, 6.45) is -4.61. The minimum Gasteiger partial charge on any atom is -0.481 e. The first-order valence-electron chi connectivity index (χ1n) is 11.5. The van der Waals surface area contributed by atoms with Crippen LogP contribution >= 0.6 is 0 Å². The number of benzene rings is 2. The van der Waals surface area contributed by atoms with Gasteiger partial charge in [-0.15, -0.1) is 0 Å². The van der Waals surface area contributed by atoms with Crippen LogP contribution in [-0.2, 0) is 11.3 Å². The number of carboxylic acids is 1. The second-order valence-corrected chi connectivity index (χ2v) is 8.75. The van der Waals surface area contributed by atoms with Gasteiger partial charge in [0.1, 0.15) is 17.8 Å². The van der Waals surface area contributed by atoms with Crippen LogP contribution in [0.2, 0.25) is 0 Å². The molecule has 4 aromatic rings. The Morgan fingerprint density at radius 2 is 1.71 bits per heavy atom. The summed E-state index contributed by atoms with van der Waals surface area (Å²) in [5, 5.41) is 18.6. The van der Waals surface area contributed by atoms with Crippen molar-refractivity contribution < 1.29 is 36.9 Å². The number of alkyl halides is 3. The number of hydrogen-bond donors (Lipinski definition) is 2. The van der Waals surface area contributed by atoms with E-state index < -0.39 is 24.6 Å². The molecule has 13 heteroatoms. The van der Waals surface area contributed by atoms with Crippen molar-refractivity contribution in [2.45, 2.75) is 12.7 Å². The van der Waals surface area contributed by atoms with Gasteiger partial charge in [-0.25, -0.2) is 0 Å². The number of halogens is 3. The van der Waals surface area contributed by atoms with E-state index in [-0.39, 0.29) is 34.7 Å². The van der Waals surface area contributed by atoms with E-state index in [0.29, 0.717) is 30.8 Å². The number of nitrogens with one attached hydrogen (secondary N) is 1. The molecule has 2 N–H and O–H groups in total. The first-order chi connectivity index (χ1) is 18.2. The number of amides is 1. The Morgan fingerprint density at radius 3 is 2.37 bits per heavy atom. The Balaban J connectivity index is 1.38. The van der Waals surface area contributed by atoms with Crippen molar-refractivity contribution >= 4 is 11.9 Å². The van der Waals surface area contributed by atoms with Crippen LogP contribution in [-0.4, -0.2) is 63.0 Å². The Morgan fingerprint density at radius 1 is 1.00 bits per heavy atom. The van der Waals surface area contributed by atoms with Crippen molar-refractivity contribution in [3.05, 3.63) is 65.7 Å². The van der Waals surface area contributed by atoms with E-state index in [1.54, 1.807) is 42.5 Å². The first kappa shape index (κ1) is 25.1. The highest BCUT2D eigenvalue weighted by Gasteiger charge is 2.33. The molecule has 0 spiro atoms. The summed E-state index contributed by atoms with van der Waals surface area (Å²) in [5.74, 6) is -2.52. The highest BCUT2D eigenvalue weighted by molar-refractivity contribution is 6.04. The summed E-state index contributed by atoms with van der Waals surface area (Å²) < 4.78 is 48.8. The van der Waals surface area contributed by atoms with Gasteiger partial charge in [-0.3, -0.25) is 14.5 Å². The number of likely N-dealkylation sites (tertiary alicyclic amines) is 1. The molecule has 2 aromatic carbocycles. The number of carbonyl (C=O) groups excluding carboxylic acids is 1. The molecule has 0 aliphatic carbocycles. The van der Waals surface area contributed by atoms with Gasteiger partial charge in [0.2, 0.25) is 11.6 Å². The lowest BCUT2D eigenvalue weighted by Crippen LogP contribution is -2.49. The standard InChI is InChI=1S/C25H20F3N5O5/c26-25(27,28)13-29-22(34)18-19(15-4-2-1-3-5-15)31-37-20(18)23-30-21(32-38-23)16-8-6-14(7-9-16)10-33-11-17(12-33)24(35)36/h1-9,17H,10-13H2,(H,29,34)(H,35,36). The molecular weight excluding hydrogens is 507 g/mol. The normalized spacial score (nSPS) is 14.3. The van der Waals surface area contributed by atoms with E-state index in [1.807, 2.05) is 22.3 Å². The zero-order valence-electron chi connectivity index (χ0n) is 19.6. The quantitative estimate of drug-likeness (QED) is 0.350. The van der Waals surface area contributed by atoms with Crippen molar-refractivity contribution in [3.63, 3.8) is 0 Å². The molecule has 10 nitrogen and oxygen atoms in total. The predicted molar refractivity (Wildman–Crippen MR) is 125 cm³/mol. The molecule has 196 valence electrons. The van der Waals surface area contributed by atoms with Gasteiger partial charge in [-0.2, -0.15) is 18.2 Å². The molecule has 1 aliphatic rings. The molecule has 0 bridgehead atoms. The van der Waals surface area contributed by atoms with Gasteiger partial charge in [0, 0.05) is 30.8 Å². The maximum Gasteiger partial charge on any atom is 0.405 e. The molecule has 1 amide bonds. The van der Waals surface area contributed by atoms with Crippen LogP contribution in [0.15, 0.2) is 63.6 Å². The zero-order chi connectivity index (χ0) is 26.9. The van der Waals surface area contributed by atoms with E-state index in [2.05, 4.69) is 15.3 Å². The minimum atomic E-state index is -4.61. The molecule has 1 saturated heterocycles. The number of rotatable bonds is 8. The number of nitrogens with zero attached hydrogens (tertiary/aromatic N) is 4. The van der Waals surface area contributed by atoms with E-state index in [1.165, 1.54) is 0 Å². The highest BCUT2D eigenvalue weighted by Crippen LogP contribution is 2.33. The lowest BCUT2D eigenvalue weighted by Gasteiger charge is -2.36. The predicted octanol–water partition coefficient (Wildman–Crippen LogP) is 3.87. The third kappa shape index (κ3) is 5.42. The molecular formula is C25H20F3N5O5. The fraction of sp³-hybridized carbons (Fsp3) is 0.240. The average Bonchev–Trinajstić information content (AvgIpc) is 3.52. The minimum absolute atomic E-state index is 0.0282. The molecule has 1 fully saturated rings. The number of carboxylic acid groups (broad SMARTS) is 1. The first-order valence-corrected chi connectivity index (χ1v) is 11.5. The maximum absolute atomic E-state index is 12.8. The summed E-state index contributed by atoms with van der Waals surface area (Å²) in [7, 11) is 0. The van der Waals surface area contributed by atoms with Gasteiger partial charge in [0.25, 0.3) is 11.8 Å². The van der Waals surface area contributed by atoms with E-state index in [4.69, 9.17) is 14.2 Å². The second kappa shape index (κ2) is 10.1. The summed E-state index contributed by atoms with van der Waals surface area (Å²) in [5.41, 5.74) is 1.77. The van der Waals surface area contributed by atoms with Crippen molar-refractivity contribution in [2.75, 3.05) is 19.6 Å². The fourth-order valence-corrected chi connectivity index (χ4v) is 4.01. The lowest BCUT2D eigenvalue weighted by molar-refractivity contribution is -0.147. The van der Waals surface area contributed by atoms with Crippen molar-refractivity contribution in [3.8, 4) is 34.3 Å². The van der Waals surface area contributed by atoms with E-state index in [0.717, 1.165) is 5.56 Å². The van der Waals surface area contributed by atoms with Gasteiger partial charge in [0.15, 0.2) is 0 Å². The third-order valence-corrected chi connectivity index (χ3v) is 5.96. The fourth-order valence-electron chi connectivity index (χ4n) is 4.01. The van der Waals surface area contributed by atoms with Crippen molar-refractivity contribution in [2.24, 2.45) is 5.92 Å². The van der Waals surface area contributed by atoms with Crippen LogP contribution in [0.3, 0.4) is 0 Å². The lowest BCUT2D eigenvalue weighted by atomic mass is 9.99. The summed E-state index contributed by atoms with van der Waals surface area (Å²) in [6.45, 7) is 0.0391. The van der Waals surface area contributed by atoms with Gasteiger partial charge in [-0.1, -0.05) is 64.9 Å². The third-order valence-electron chi connectivity index (χ3n) is 5.96. The Bertz CT molecular complexity index is 1440. The van der Waals surface area contributed by atoms with Crippen molar-refractivity contribution in [1.82, 2.24) is 25.5 Å². The Hall–Kier alpha value is -4.52. The summed E-state index contributed by atoms with van der Waals surface area (Å²) >= 11 is 0. The van der Waals surface area contributed by atoms with Crippen LogP contribution in [0, 0.1) is 5.92 Å². The smallest absolute Gasteiger partial charge is 0.405 e.